The first-order valence-electron chi connectivity index (χ1n) is 8.25. The van der Waals surface area contributed by atoms with Crippen molar-refractivity contribution in [1.29, 1.82) is 0 Å². The van der Waals surface area contributed by atoms with E-state index in [0.29, 0.717) is 19.1 Å². The normalized spacial score (nSPS) is 22.9. The molecule has 1 N–H and O–H groups in total. The molecule has 0 aromatic carbocycles. The molecule has 0 saturated carbocycles. The van der Waals surface area contributed by atoms with E-state index in [1.165, 1.54) is 6.42 Å². The molecule has 1 fully saturated rings. The van der Waals surface area contributed by atoms with E-state index in [1.807, 2.05) is 12.1 Å². The Bertz CT molecular complexity index is 445. The highest BCUT2D eigenvalue weighted by atomic mass is 16.5. The van der Waals surface area contributed by atoms with Crippen LogP contribution in [0.1, 0.15) is 26.0 Å². The fourth-order valence-corrected chi connectivity index (χ4v) is 2.72. The van der Waals surface area contributed by atoms with Crippen molar-refractivity contribution in [2.45, 2.75) is 26.7 Å². The molecule has 124 valence electrons. The van der Waals surface area contributed by atoms with Gasteiger partial charge in [0.05, 0.1) is 19.4 Å². The third-order valence-electron chi connectivity index (χ3n) is 4.43. The first kappa shape index (κ1) is 16.9. The van der Waals surface area contributed by atoms with Crippen LogP contribution in [0.15, 0.2) is 27.8 Å². The molecule has 2 atom stereocenters. The number of piperidine rings is 1. The maximum atomic E-state index is 5.38. The lowest BCUT2D eigenvalue weighted by Gasteiger charge is -2.37. The summed E-state index contributed by atoms with van der Waals surface area (Å²) in [6.07, 6.45) is 3.82. The zero-order chi connectivity index (χ0) is 15.8. The molecular weight excluding hydrogens is 278 g/mol. The van der Waals surface area contributed by atoms with Gasteiger partial charge in [-0.2, -0.15) is 0 Å². The Labute approximate surface area is 133 Å². The second kappa shape index (κ2) is 8.83. The lowest BCUT2D eigenvalue weighted by molar-refractivity contribution is 0.195. The van der Waals surface area contributed by atoms with Crippen LogP contribution in [-0.2, 0) is 11.2 Å². The predicted octanol–water partition coefficient (Wildman–Crippen LogP) is 2.39. The van der Waals surface area contributed by atoms with Gasteiger partial charge in [0.1, 0.15) is 5.76 Å². The highest BCUT2D eigenvalue weighted by Crippen LogP contribution is 2.22. The lowest BCUT2D eigenvalue weighted by Crippen LogP contribution is -2.48. The van der Waals surface area contributed by atoms with Crippen LogP contribution in [0, 0.1) is 11.8 Å². The van der Waals surface area contributed by atoms with E-state index in [9.17, 15) is 0 Å². The van der Waals surface area contributed by atoms with Crippen molar-refractivity contribution >= 4 is 5.96 Å². The Morgan fingerprint density at radius 3 is 3.00 bits per heavy atom. The fourth-order valence-electron chi connectivity index (χ4n) is 2.72. The summed E-state index contributed by atoms with van der Waals surface area (Å²) in [5.41, 5.74) is 0. The van der Waals surface area contributed by atoms with Gasteiger partial charge in [-0.1, -0.05) is 13.8 Å². The fraction of sp³-hybridized carbons (Fsp3) is 0.706. The number of methoxy groups -OCH3 is 1. The van der Waals surface area contributed by atoms with E-state index in [4.69, 9.17) is 14.1 Å². The van der Waals surface area contributed by atoms with Gasteiger partial charge in [0.15, 0.2) is 5.96 Å². The van der Waals surface area contributed by atoms with Crippen LogP contribution in [-0.4, -0.2) is 50.8 Å². The molecular formula is C17H29N3O2. The largest absolute Gasteiger partial charge is 0.469 e. The molecule has 2 heterocycles. The first-order valence-corrected chi connectivity index (χ1v) is 8.25. The summed E-state index contributed by atoms with van der Waals surface area (Å²) >= 11 is 0. The minimum atomic E-state index is 0.656. The smallest absolute Gasteiger partial charge is 0.194 e. The van der Waals surface area contributed by atoms with Gasteiger partial charge in [0.25, 0.3) is 0 Å². The number of ether oxygens (including phenoxy) is 1. The number of nitrogens with zero attached hydrogens (tertiary/aromatic N) is 2. The highest BCUT2D eigenvalue weighted by Gasteiger charge is 2.24. The van der Waals surface area contributed by atoms with E-state index in [1.54, 1.807) is 13.4 Å². The van der Waals surface area contributed by atoms with E-state index in [0.717, 1.165) is 43.7 Å². The average molecular weight is 307 g/mol. The summed E-state index contributed by atoms with van der Waals surface area (Å²) in [5, 5.41) is 3.48. The summed E-state index contributed by atoms with van der Waals surface area (Å²) in [7, 11) is 1.71. The third-order valence-corrected chi connectivity index (χ3v) is 4.43. The quantitative estimate of drug-likeness (QED) is 0.498. The topological polar surface area (TPSA) is 50.0 Å². The number of likely N-dealkylation sites (tertiary alicyclic amines) is 1. The molecule has 0 aliphatic carbocycles. The molecule has 2 rings (SSSR count). The van der Waals surface area contributed by atoms with Crippen molar-refractivity contribution in [2.24, 2.45) is 16.8 Å². The van der Waals surface area contributed by atoms with Gasteiger partial charge >= 0.3 is 0 Å². The van der Waals surface area contributed by atoms with Crippen LogP contribution in [0.4, 0.5) is 0 Å². The van der Waals surface area contributed by atoms with E-state index in [-0.39, 0.29) is 0 Å². The van der Waals surface area contributed by atoms with Gasteiger partial charge in [-0.15, -0.1) is 0 Å². The number of aliphatic imine (C=N–C) groups is 1. The Morgan fingerprint density at radius 2 is 2.32 bits per heavy atom. The number of nitrogens with one attached hydrogen (secondary N) is 1. The number of hydrogen-bond acceptors (Lipinski definition) is 3. The first-order chi connectivity index (χ1) is 10.7. The second-order valence-corrected chi connectivity index (χ2v) is 6.14. The Kier molecular flexibility index (Phi) is 6.77. The predicted molar refractivity (Wildman–Crippen MR) is 89.1 cm³/mol. The van der Waals surface area contributed by atoms with Crippen LogP contribution < -0.4 is 5.32 Å². The molecule has 1 saturated heterocycles. The molecule has 1 aliphatic heterocycles. The van der Waals surface area contributed by atoms with E-state index >= 15 is 0 Å². The van der Waals surface area contributed by atoms with E-state index < -0.39 is 0 Å². The van der Waals surface area contributed by atoms with Gasteiger partial charge in [0, 0.05) is 33.2 Å². The summed E-state index contributed by atoms with van der Waals surface area (Å²) in [6.45, 7) is 9.00. The van der Waals surface area contributed by atoms with Gasteiger partial charge in [0.2, 0.25) is 0 Å². The minimum Gasteiger partial charge on any atom is -0.469 e. The number of rotatable bonds is 6. The van der Waals surface area contributed by atoms with E-state index in [2.05, 4.69) is 24.1 Å². The van der Waals surface area contributed by atoms with Crippen molar-refractivity contribution in [3.05, 3.63) is 24.2 Å². The molecule has 2 unspecified atom stereocenters. The molecule has 0 radical (unpaired) electrons. The molecule has 5 heteroatoms. The summed E-state index contributed by atoms with van der Waals surface area (Å²) in [6, 6.07) is 3.94. The van der Waals surface area contributed by atoms with Crippen LogP contribution in [0.3, 0.4) is 0 Å². The molecule has 0 bridgehead atoms. The number of hydrogen-bond donors (Lipinski definition) is 1. The van der Waals surface area contributed by atoms with Crippen LogP contribution in [0.25, 0.3) is 0 Å². The Morgan fingerprint density at radius 1 is 1.45 bits per heavy atom. The van der Waals surface area contributed by atoms with Crippen LogP contribution in [0.5, 0.6) is 0 Å². The number of furan rings is 1. The Hall–Kier alpha value is -1.49. The minimum absolute atomic E-state index is 0.656. The van der Waals surface area contributed by atoms with Crippen LogP contribution >= 0.6 is 0 Å². The van der Waals surface area contributed by atoms with Crippen LogP contribution in [0.2, 0.25) is 0 Å². The van der Waals surface area contributed by atoms with Crippen molar-refractivity contribution in [3.8, 4) is 0 Å². The standard InChI is InChI=1S/C17H29N3O2/c1-14-7-10-20(13-15(14)2)17(19-9-12-21-3)18-8-6-16-5-4-11-22-16/h4-5,11,14-15H,6-10,12-13H2,1-3H3,(H,18,19). The Balaban J connectivity index is 1.89. The zero-order valence-electron chi connectivity index (χ0n) is 14.0. The van der Waals surface area contributed by atoms with Crippen molar-refractivity contribution in [3.63, 3.8) is 0 Å². The molecule has 0 amide bonds. The summed E-state index contributed by atoms with van der Waals surface area (Å²) < 4.78 is 10.5. The molecule has 0 spiro atoms. The zero-order valence-corrected chi connectivity index (χ0v) is 14.0. The monoisotopic (exact) mass is 307 g/mol. The van der Waals surface area contributed by atoms with Crippen molar-refractivity contribution in [1.82, 2.24) is 10.2 Å². The highest BCUT2D eigenvalue weighted by molar-refractivity contribution is 5.80. The number of guanidine groups is 1. The average Bonchev–Trinajstić information content (AvgIpc) is 3.02. The lowest BCUT2D eigenvalue weighted by atomic mass is 9.89. The molecule has 1 aliphatic rings. The van der Waals surface area contributed by atoms with Gasteiger partial charge in [-0.25, -0.2) is 0 Å². The van der Waals surface area contributed by atoms with Crippen molar-refractivity contribution in [2.75, 3.05) is 39.9 Å². The van der Waals surface area contributed by atoms with Gasteiger partial charge < -0.3 is 19.4 Å². The summed E-state index contributed by atoms with van der Waals surface area (Å²) in [4.78, 5) is 7.07. The van der Waals surface area contributed by atoms with Gasteiger partial charge in [-0.05, 0) is 30.4 Å². The van der Waals surface area contributed by atoms with Gasteiger partial charge in [-0.3, -0.25) is 4.99 Å². The molecule has 1 aromatic heterocycles. The maximum absolute atomic E-state index is 5.38. The molecule has 1 aromatic rings. The third kappa shape index (κ3) is 5.05. The second-order valence-electron chi connectivity index (χ2n) is 6.14. The summed E-state index contributed by atoms with van der Waals surface area (Å²) in [5.74, 6) is 3.50. The maximum Gasteiger partial charge on any atom is 0.194 e. The molecule has 22 heavy (non-hydrogen) atoms. The molecule has 5 nitrogen and oxygen atoms in total. The SMILES string of the molecule is COCCN=C(NCCc1ccco1)N1CCC(C)C(C)C1. The van der Waals surface area contributed by atoms with Crippen molar-refractivity contribution < 1.29 is 9.15 Å².